The molecule has 0 radical (unpaired) electrons. The molecule has 20 heavy (non-hydrogen) atoms. The minimum absolute atomic E-state index is 0.0743. The van der Waals surface area contributed by atoms with Gasteiger partial charge in [-0.1, -0.05) is 18.6 Å². The highest BCUT2D eigenvalue weighted by molar-refractivity contribution is 8.00. The topological polar surface area (TPSA) is 29.3 Å². The van der Waals surface area contributed by atoms with Gasteiger partial charge in [-0.05, 0) is 49.3 Å². The first kappa shape index (κ1) is 15.7. The molecule has 0 bridgehead atoms. The lowest BCUT2D eigenvalue weighted by molar-refractivity contribution is -0.0328. The average molecular weight is 304 g/mol. The highest BCUT2D eigenvalue weighted by Crippen LogP contribution is 2.37. The molecule has 0 heterocycles. The van der Waals surface area contributed by atoms with Crippen molar-refractivity contribution in [2.75, 3.05) is 13.6 Å². The fourth-order valence-corrected chi connectivity index (χ4v) is 3.02. The average Bonchev–Trinajstić information content (AvgIpc) is 2.28. The van der Waals surface area contributed by atoms with Crippen LogP contribution in [0.3, 0.4) is 0 Å². The molecule has 1 atom stereocenters. The van der Waals surface area contributed by atoms with E-state index in [0.717, 1.165) is 5.56 Å². The maximum Gasteiger partial charge on any atom is 0.446 e. The lowest BCUT2D eigenvalue weighted by atomic mass is 9.89. The summed E-state index contributed by atoms with van der Waals surface area (Å²) in [6, 6.07) is 7.16. The Labute approximate surface area is 121 Å². The minimum Gasteiger partial charge on any atom is -0.329 e. The first-order valence-electron chi connectivity index (χ1n) is 6.68. The Hall–Kier alpha value is -0.720. The molecule has 1 aromatic carbocycles. The lowest BCUT2D eigenvalue weighted by Crippen LogP contribution is -2.42. The lowest BCUT2D eigenvalue weighted by Gasteiger charge is -2.39. The molecule has 1 aliphatic rings. The van der Waals surface area contributed by atoms with Crippen LogP contribution in [0.2, 0.25) is 0 Å². The molecule has 2 rings (SSSR count). The fraction of sp³-hybridized carbons (Fsp3) is 0.571. The van der Waals surface area contributed by atoms with E-state index in [4.69, 9.17) is 5.73 Å². The summed E-state index contributed by atoms with van der Waals surface area (Å²) in [4.78, 5) is 2.46. The summed E-state index contributed by atoms with van der Waals surface area (Å²) < 4.78 is 36.9. The Balaban J connectivity index is 2.06. The molecular formula is C14H19F3N2S. The van der Waals surface area contributed by atoms with Crippen LogP contribution >= 0.6 is 11.8 Å². The normalized spacial score (nSPS) is 18.1. The van der Waals surface area contributed by atoms with Gasteiger partial charge in [0.2, 0.25) is 0 Å². The molecule has 2 nitrogen and oxygen atoms in total. The van der Waals surface area contributed by atoms with E-state index >= 15 is 0 Å². The standard InChI is InChI=1S/C14H19F3N2S/c1-19(11-3-2-4-11)13(9-18)10-5-7-12(8-6-10)20-14(15,16)17/h5-8,11,13H,2-4,9,18H2,1H3. The Morgan fingerprint density at radius 2 is 1.90 bits per heavy atom. The van der Waals surface area contributed by atoms with Gasteiger partial charge in [-0.3, -0.25) is 4.90 Å². The molecule has 0 aliphatic heterocycles. The van der Waals surface area contributed by atoms with Crippen molar-refractivity contribution in [3.63, 3.8) is 0 Å². The first-order valence-corrected chi connectivity index (χ1v) is 7.50. The number of thioether (sulfide) groups is 1. The molecule has 112 valence electrons. The number of hydrogen-bond donors (Lipinski definition) is 1. The Kier molecular flexibility index (Phi) is 4.99. The molecule has 1 saturated carbocycles. The largest absolute Gasteiger partial charge is 0.446 e. The zero-order valence-corrected chi connectivity index (χ0v) is 12.2. The molecule has 2 N–H and O–H groups in total. The van der Waals surface area contributed by atoms with Gasteiger partial charge in [0, 0.05) is 23.5 Å². The van der Waals surface area contributed by atoms with Crippen LogP contribution in [-0.4, -0.2) is 30.0 Å². The van der Waals surface area contributed by atoms with Crippen molar-refractivity contribution in [1.29, 1.82) is 0 Å². The third-order valence-electron chi connectivity index (χ3n) is 3.86. The minimum atomic E-state index is -4.24. The van der Waals surface area contributed by atoms with Crippen LogP contribution in [0.5, 0.6) is 0 Å². The van der Waals surface area contributed by atoms with Gasteiger partial charge in [0.1, 0.15) is 0 Å². The van der Waals surface area contributed by atoms with Gasteiger partial charge < -0.3 is 5.73 Å². The smallest absolute Gasteiger partial charge is 0.329 e. The Morgan fingerprint density at radius 1 is 1.30 bits per heavy atom. The second kappa shape index (κ2) is 6.37. The molecule has 6 heteroatoms. The maximum atomic E-state index is 12.3. The van der Waals surface area contributed by atoms with Crippen LogP contribution < -0.4 is 5.73 Å². The van der Waals surface area contributed by atoms with E-state index in [1.807, 2.05) is 7.05 Å². The van der Waals surface area contributed by atoms with Gasteiger partial charge in [-0.15, -0.1) is 0 Å². The molecule has 1 aliphatic carbocycles. The molecule has 1 unspecified atom stereocenters. The summed E-state index contributed by atoms with van der Waals surface area (Å²) in [6.45, 7) is 0.471. The summed E-state index contributed by atoms with van der Waals surface area (Å²) >= 11 is -0.0857. The van der Waals surface area contributed by atoms with Gasteiger partial charge in [-0.25, -0.2) is 0 Å². The number of alkyl halides is 3. The predicted octanol–water partition coefficient (Wildman–Crippen LogP) is 3.78. The van der Waals surface area contributed by atoms with Gasteiger partial charge in [0.15, 0.2) is 0 Å². The van der Waals surface area contributed by atoms with Crippen LogP contribution in [0, 0.1) is 0 Å². The van der Waals surface area contributed by atoms with Crippen molar-refractivity contribution < 1.29 is 13.2 Å². The highest BCUT2D eigenvalue weighted by Gasteiger charge is 2.30. The van der Waals surface area contributed by atoms with Gasteiger partial charge in [-0.2, -0.15) is 13.2 Å². The number of halogens is 3. The third-order valence-corrected chi connectivity index (χ3v) is 4.60. The van der Waals surface area contributed by atoms with Crippen molar-refractivity contribution in [2.45, 2.75) is 41.7 Å². The molecule has 0 amide bonds. The Morgan fingerprint density at radius 3 is 2.30 bits per heavy atom. The third kappa shape index (κ3) is 3.90. The van der Waals surface area contributed by atoms with E-state index < -0.39 is 5.51 Å². The van der Waals surface area contributed by atoms with Crippen molar-refractivity contribution in [1.82, 2.24) is 4.90 Å². The number of hydrogen-bond acceptors (Lipinski definition) is 3. The molecule has 0 saturated heterocycles. The van der Waals surface area contributed by atoms with Crippen LogP contribution in [0.1, 0.15) is 30.9 Å². The van der Waals surface area contributed by atoms with Crippen molar-refractivity contribution in [3.05, 3.63) is 29.8 Å². The van der Waals surface area contributed by atoms with E-state index in [9.17, 15) is 13.2 Å². The van der Waals surface area contributed by atoms with Crippen LogP contribution in [-0.2, 0) is 0 Å². The monoisotopic (exact) mass is 304 g/mol. The van der Waals surface area contributed by atoms with E-state index in [1.54, 1.807) is 12.1 Å². The Bertz CT molecular complexity index is 429. The summed E-state index contributed by atoms with van der Waals surface area (Å²) in [5.41, 5.74) is 2.58. The zero-order valence-electron chi connectivity index (χ0n) is 11.4. The van der Waals surface area contributed by atoms with Gasteiger partial charge in [0.05, 0.1) is 0 Å². The van der Waals surface area contributed by atoms with Gasteiger partial charge in [0.25, 0.3) is 0 Å². The zero-order chi connectivity index (χ0) is 14.8. The second-order valence-electron chi connectivity index (χ2n) is 5.12. The molecule has 1 aromatic rings. The van der Waals surface area contributed by atoms with Crippen molar-refractivity contribution in [3.8, 4) is 0 Å². The molecule has 1 fully saturated rings. The summed E-state index contributed by atoms with van der Waals surface area (Å²) in [5, 5.41) is 0. The number of benzene rings is 1. The number of nitrogens with zero attached hydrogens (tertiary/aromatic N) is 1. The fourth-order valence-electron chi connectivity index (χ4n) is 2.48. The molecule has 0 aromatic heterocycles. The summed E-state index contributed by atoms with van der Waals surface area (Å²) in [5.74, 6) is 0. The number of likely N-dealkylation sites (N-methyl/N-ethyl adjacent to an activating group) is 1. The van der Waals surface area contributed by atoms with Crippen molar-refractivity contribution >= 4 is 11.8 Å². The summed E-state index contributed by atoms with van der Waals surface area (Å²) in [7, 11) is 2.04. The summed E-state index contributed by atoms with van der Waals surface area (Å²) in [6.07, 6.45) is 3.59. The SMILES string of the molecule is CN(C1CCC1)C(CN)c1ccc(SC(F)(F)F)cc1. The predicted molar refractivity (Wildman–Crippen MR) is 75.6 cm³/mol. The van der Waals surface area contributed by atoms with E-state index in [2.05, 4.69) is 4.90 Å². The highest BCUT2D eigenvalue weighted by atomic mass is 32.2. The second-order valence-corrected chi connectivity index (χ2v) is 6.26. The number of nitrogens with two attached hydrogens (primary N) is 1. The van der Waals surface area contributed by atoms with E-state index in [0.29, 0.717) is 12.6 Å². The van der Waals surface area contributed by atoms with Crippen LogP contribution in [0.25, 0.3) is 0 Å². The van der Waals surface area contributed by atoms with E-state index in [1.165, 1.54) is 31.4 Å². The van der Waals surface area contributed by atoms with Crippen molar-refractivity contribution in [2.24, 2.45) is 5.73 Å². The van der Waals surface area contributed by atoms with Crippen LogP contribution in [0.4, 0.5) is 13.2 Å². The molecular weight excluding hydrogens is 285 g/mol. The van der Waals surface area contributed by atoms with E-state index in [-0.39, 0.29) is 22.7 Å². The quantitative estimate of drug-likeness (QED) is 0.839. The van der Waals surface area contributed by atoms with Gasteiger partial charge >= 0.3 is 5.51 Å². The first-order chi connectivity index (χ1) is 9.40. The maximum absolute atomic E-state index is 12.3. The van der Waals surface area contributed by atoms with Crippen LogP contribution in [0.15, 0.2) is 29.2 Å². The molecule has 0 spiro atoms. The number of rotatable bonds is 5.